The van der Waals surface area contributed by atoms with Crippen LogP contribution in [0.15, 0.2) is 42.1 Å². The van der Waals surface area contributed by atoms with Crippen molar-refractivity contribution >= 4 is 23.3 Å². The number of piperidine rings is 1. The zero-order valence-corrected chi connectivity index (χ0v) is 15.6. The van der Waals surface area contributed by atoms with Crippen LogP contribution in [0, 0.1) is 0 Å². The maximum Gasteiger partial charge on any atom is 0.409 e. The number of benzene rings is 1. The highest BCUT2D eigenvalue weighted by Crippen LogP contribution is 2.38. The van der Waals surface area contributed by atoms with Gasteiger partial charge in [0.1, 0.15) is 0 Å². The molecule has 0 unspecified atom stereocenters. The van der Waals surface area contributed by atoms with Crippen molar-refractivity contribution in [3.05, 3.63) is 69.5 Å². The fourth-order valence-corrected chi connectivity index (χ4v) is 4.15. The van der Waals surface area contributed by atoms with Crippen LogP contribution in [0.3, 0.4) is 0 Å². The fourth-order valence-electron chi connectivity index (χ4n) is 3.95. The average molecular weight is 388 g/mol. The van der Waals surface area contributed by atoms with Gasteiger partial charge in [-0.2, -0.15) is 0 Å². The van der Waals surface area contributed by atoms with Crippen LogP contribution in [0.1, 0.15) is 48.9 Å². The second kappa shape index (κ2) is 7.73. The van der Waals surface area contributed by atoms with Crippen molar-refractivity contribution in [2.45, 2.75) is 32.5 Å². The van der Waals surface area contributed by atoms with Gasteiger partial charge in [-0.3, -0.25) is 4.98 Å². The summed E-state index contributed by atoms with van der Waals surface area (Å²) in [4.78, 5) is 18.4. The minimum atomic E-state index is -3.05. The normalized spacial score (nSPS) is 20.2. The summed E-state index contributed by atoms with van der Waals surface area (Å²) in [5.41, 5.74) is 6.57. The van der Waals surface area contributed by atoms with Crippen molar-refractivity contribution in [3.63, 3.8) is 0 Å². The Labute approximate surface area is 171 Å². The highest BCUT2D eigenvalue weighted by Gasteiger charge is 2.26. The van der Waals surface area contributed by atoms with Gasteiger partial charge in [-0.15, -0.1) is 0 Å². The first-order chi connectivity index (χ1) is 15.1. The first-order valence-electron chi connectivity index (χ1n) is 11.5. The number of ether oxygens (including phenoxy) is 1. The van der Waals surface area contributed by atoms with E-state index in [0.717, 1.165) is 46.4 Å². The first kappa shape index (κ1) is 12.9. The molecular weight excluding hydrogens is 360 g/mol. The van der Waals surface area contributed by atoms with Crippen LogP contribution in [-0.4, -0.2) is 35.6 Å². The molecule has 27 heavy (non-hydrogen) atoms. The van der Waals surface area contributed by atoms with E-state index >= 15 is 0 Å². The van der Waals surface area contributed by atoms with Crippen LogP contribution >= 0.6 is 11.6 Å². The number of carbonyl (C=O) groups is 1. The monoisotopic (exact) mass is 387 g/mol. The lowest BCUT2D eigenvalue weighted by molar-refractivity contribution is 0.104. The maximum absolute atomic E-state index is 12.4. The van der Waals surface area contributed by atoms with Crippen LogP contribution in [0.4, 0.5) is 4.79 Å². The molecule has 4 nitrogen and oxygen atoms in total. The van der Waals surface area contributed by atoms with Gasteiger partial charge < -0.3 is 9.64 Å². The molecule has 1 fully saturated rings. The molecule has 1 amide bonds. The number of hydrogen-bond donors (Lipinski definition) is 0. The Morgan fingerprint density at radius 1 is 1.26 bits per heavy atom. The summed E-state index contributed by atoms with van der Waals surface area (Å²) >= 11 is 6.25. The highest BCUT2D eigenvalue weighted by atomic mass is 35.5. The number of halogens is 1. The lowest BCUT2D eigenvalue weighted by Crippen LogP contribution is -2.37. The molecule has 1 aliphatic carbocycles. The predicted octanol–water partition coefficient (Wildman–Crippen LogP) is 4.89. The number of carbonyl (C=O) groups excluding carboxylic acids is 1. The summed E-state index contributed by atoms with van der Waals surface area (Å²) < 4.78 is 41.4. The molecule has 5 heteroatoms. The van der Waals surface area contributed by atoms with Crippen molar-refractivity contribution in [3.8, 4) is 0 Å². The van der Waals surface area contributed by atoms with Gasteiger partial charge in [0.15, 0.2) is 0 Å². The van der Waals surface area contributed by atoms with Crippen LogP contribution in [-0.2, 0) is 17.6 Å². The number of fused-ring (bicyclic) bond motifs is 2. The average Bonchev–Trinajstić information content (AvgIpc) is 2.89. The number of pyridine rings is 1. The largest absolute Gasteiger partial charge is 0.450 e. The SMILES string of the molecule is [2H]C([2H])([2H])C([2H])([2H])OC(=O)N1CCC(=C2c3ccc(Cl)cc3CCc3cccnc32)CC1. The van der Waals surface area contributed by atoms with E-state index in [-0.39, 0.29) is 0 Å². The third-order valence-electron chi connectivity index (χ3n) is 5.25. The molecule has 0 radical (unpaired) electrons. The fraction of sp³-hybridized carbons (Fsp3) is 0.364. The number of aryl methyl sites for hydroxylation is 2. The van der Waals surface area contributed by atoms with E-state index in [2.05, 4.69) is 15.8 Å². The molecule has 1 aromatic carbocycles. The van der Waals surface area contributed by atoms with E-state index in [1.54, 1.807) is 6.20 Å². The van der Waals surface area contributed by atoms with Crippen LogP contribution < -0.4 is 0 Å². The summed E-state index contributed by atoms with van der Waals surface area (Å²) in [6.07, 6.45) is 3.65. The Morgan fingerprint density at radius 2 is 2.07 bits per heavy atom. The Kier molecular flexibility index (Phi) is 3.71. The molecule has 1 aliphatic heterocycles. The topological polar surface area (TPSA) is 42.4 Å². The summed E-state index contributed by atoms with van der Waals surface area (Å²) in [5.74, 6) is 0. The number of rotatable bonds is 1. The number of amides is 1. The molecule has 2 heterocycles. The van der Waals surface area contributed by atoms with Gasteiger partial charge in [0.2, 0.25) is 0 Å². The van der Waals surface area contributed by atoms with Crippen LogP contribution in [0.2, 0.25) is 5.02 Å². The third-order valence-corrected chi connectivity index (χ3v) is 5.48. The van der Waals surface area contributed by atoms with Crippen molar-refractivity contribution < 1.29 is 16.4 Å². The molecule has 1 aromatic heterocycles. The maximum atomic E-state index is 12.4. The van der Waals surface area contributed by atoms with Crippen molar-refractivity contribution in [2.24, 2.45) is 0 Å². The van der Waals surface area contributed by atoms with E-state index in [1.807, 2.05) is 24.3 Å². The molecule has 140 valence electrons. The first-order valence-corrected chi connectivity index (χ1v) is 9.37. The van der Waals surface area contributed by atoms with E-state index in [0.29, 0.717) is 31.0 Å². The van der Waals surface area contributed by atoms with Gasteiger partial charge in [-0.05, 0) is 67.4 Å². The standard InChI is InChI=1S/C22H23ClN2O2/c1-2-27-22(26)25-12-9-15(10-13-25)20-19-8-7-18(23)14-17(19)6-5-16-4-3-11-24-21(16)20/h3-4,7-8,11,14H,2,5-6,9-10,12-13H2,1H3/i1D3,2D2. The van der Waals surface area contributed by atoms with Gasteiger partial charge >= 0.3 is 6.09 Å². The van der Waals surface area contributed by atoms with Gasteiger partial charge in [0, 0.05) is 34.0 Å². The quantitative estimate of drug-likeness (QED) is 0.699. The highest BCUT2D eigenvalue weighted by molar-refractivity contribution is 6.30. The Balaban J connectivity index is 1.63. The molecule has 0 atom stereocenters. The van der Waals surface area contributed by atoms with Crippen molar-refractivity contribution in [1.29, 1.82) is 0 Å². The van der Waals surface area contributed by atoms with Gasteiger partial charge in [-0.1, -0.05) is 29.3 Å². The number of aromatic nitrogens is 1. The van der Waals surface area contributed by atoms with Crippen molar-refractivity contribution in [1.82, 2.24) is 9.88 Å². The molecule has 0 saturated carbocycles. The second-order valence-corrected chi connectivity index (χ2v) is 7.18. The smallest absolute Gasteiger partial charge is 0.409 e. The van der Waals surface area contributed by atoms with E-state index in [9.17, 15) is 4.79 Å². The summed E-state index contributed by atoms with van der Waals surface area (Å²) in [7, 11) is 0. The lowest BCUT2D eigenvalue weighted by Gasteiger charge is -2.29. The van der Waals surface area contributed by atoms with Gasteiger partial charge in [0.25, 0.3) is 0 Å². The lowest BCUT2D eigenvalue weighted by atomic mass is 9.88. The Morgan fingerprint density at radius 3 is 2.89 bits per heavy atom. The molecule has 4 rings (SSSR count). The van der Waals surface area contributed by atoms with Crippen LogP contribution in [0.5, 0.6) is 0 Å². The Bertz CT molecular complexity index is 1070. The summed E-state index contributed by atoms with van der Waals surface area (Å²) in [5, 5.41) is 0.688. The molecule has 1 saturated heterocycles. The zero-order chi connectivity index (χ0) is 23.1. The minimum Gasteiger partial charge on any atom is -0.450 e. The van der Waals surface area contributed by atoms with E-state index in [4.69, 9.17) is 18.5 Å². The Hall–Kier alpha value is -2.33. The predicted molar refractivity (Wildman–Crippen MR) is 107 cm³/mol. The molecule has 2 aromatic rings. The van der Waals surface area contributed by atoms with Crippen molar-refractivity contribution in [2.75, 3.05) is 19.6 Å². The number of likely N-dealkylation sites (tertiary alicyclic amines) is 1. The number of nitrogens with zero attached hydrogens (tertiary/aromatic N) is 2. The summed E-state index contributed by atoms with van der Waals surface area (Å²) in [6.45, 7) is -5.48. The zero-order valence-electron chi connectivity index (χ0n) is 19.8. The molecule has 2 aliphatic rings. The van der Waals surface area contributed by atoms with E-state index < -0.39 is 19.5 Å². The molecule has 0 spiro atoms. The van der Waals surface area contributed by atoms with E-state index in [1.165, 1.54) is 4.90 Å². The molecular formula is C22H23ClN2O2. The minimum absolute atomic E-state index is 0.305. The molecule has 0 N–H and O–H groups in total. The number of hydrogen-bond acceptors (Lipinski definition) is 3. The van der Waals surface area contributed by atoms with Gasteiger partial charge in [0.05, 0.1) is 15.0 Å². The van der Waals surface area contributed by atoms with Crippen LogP contribution in [0.25, 0.3) is 5.57 Å². The third kappa shape index (κ3) is 3.59. The molecule has 0 bridgehead atoms. The summed E-state index contributed by atoms with van der Waals surface area (Å²) in [6, 6.07) is 9.90. The van der Waals surface area contributed by atoms with Gasteiger partial charge in [-0.25, -0.2) is 4.79 Å². The second-order valence-electron chi connectivity index (χ2n) is 6.75.